The summed E-state index contributed by atoms with van der Waals surface area (Å²) < 4.78 is 0. The van der Waals surface area contributed by atoms with E-state index in [9.17, 15) is 14.7 Å². The van der Waals surface area contributed by atoms with Gasteiger partial charge in [-0.1, -0.05) is 43.3 Å². The Bertz CT molecular complexity index is 754. The predicted molar refractivity (Wildman–Crippen MR) is 93.9 cm³/mol. The average molecular weight is 326 g/mol. The van der Waals surface area contributed by atoms with Crippen molar-refractivity contribution in [1.29, 1.82) is 0 Å². The van der Waals surface area contributed by atoms with Gasteiger partial charge in [0.05, 0.1) is 12.5 Å². The molecule has 0 bridgehead atoms. The molecule has 1 amide bonds. The van der Waals surface area contributed by atoms with Gasteiger partial charge in [0.1, 0.15) is 0 Å². The maximum Gasteiger partial charge on any atom is 0.307 e. The number of fused-ring (bicyclic) bond motifs is 1. The van der Waals surface area contributed by atoms with Crippen LogP contribution < -0.4 is 5.32 Å². The number of likely N-dealkylation sites (tertiary alicyclic amines) is 1. The average Bonchev–Trinajstić information content (AvgIpc) is 2.54. The molecule has 0 saturated carbocycles. The molecule has 1 fully saturated rings. The number of nitrogens with zero attached hydrogens (tertiary/aromatic N) is 1. The van der Waals surface area contributed by atoms with E-state index < -0.39 is 5.97 Å². The van der Waals surface area contributed by atoms with E-state index in [-0.39, 0.29) is 24.3 Å². The van der Waals surface area contributed by atoms with Crippen LogP contribution in [0.2, 0.25) is 0 Å². The Labute approximate surface area is 141 Å². The second-order valence-electron chi connectivity index (χ2n) is 6.65. The van der Waals surface area contributed by atoms with Crippen LogP contribution in [0.5, 0.6) is 0 Å². The first-order valence-corrected chi connectivity index (χ1v) is 8.25. The van der Waals surface area contributed by atoms with Gasteiger partial charge in [-0.2, -0.15) is 0 Å². The Kier molecular flexibility index (Phi) is 4.81. The summed E-state index contributed by atoms with van der Waals surface area (Å²) in [6.45, 7) is 3.44. The molecule has 2 aromatic carbocycles. The minimum absolute atomic E-state index is 0.107. The number of nitrogens with one attached hydrogen (secondary N) is 1. The van der Waals surface area contributed by atoms with E-state index in [2.05, 4.69) is 5.32 Å². The summed E-state index contributed by atoms with van der Waals surface area (Å²) in [5, 5.41) is 14.3. The summed E-state index contributed by atoms with van der Waals surface area (Å²) in [6.07, 6.45) is 0.677. The summed E-state index contributed by atoms with van der Waals surface area (Å²) in [6, 6.07) is 13.7. The molecule has 1 aliphatic heterocycles. The molecule has 126 valence electrons. The van der Waals surface area contributed by atoms with Crippen molar-refractivity contribution in [1.82, 2.24) is 4.90 Å². The molecule has 5 heteroatoms. The zero-order chi connectivity index (χ0) is 17.1. The molecule has 0 radical (unpaired) electrons. The zero-order valence-electron chi connectivity index (χ0n) is 13.7. The first-order chi connectivity index (χ1) is 11.5. The molecule has 2 unspecified atom stereocenters. The van der Waals surface area contributed by atoms with Crippen molar-refractivity contribution >= 4 is 28.3 Å². The fourth-order valence-electron chi connectivity index (χ4n) is 3.50. The van der Waals surface area contributed by atoms with Crippen molar-refractivity contribution in [3.05, 3.63) is 42.5 Å². The van der Waals surface area contributed by atoms with Crippen LogP contribution >= 0.6 is 0 Å². The Morgan fingerprint density at radius 3 is 2.71 bits per heavy atom. The lowest BCUT2D eigenvalue weighted by Gasteiger charge is -2.34. The van der Waals surface area contributed by atoms with E-state index in [0.717, 1.165) is 23.0 Å². The van der Waals surface area contributed by atoms with Crippen LogP contribution in [0.25, 0.3) is 10.8 Å². The van der Waals surface area contributed by atoms with Gasteiger partial charge in [-0.15, -0.1) is 0 Å². The quantitative estimate of drug-likeness (QED) is 0.906. The van der Waals surface area contributed by atoms with E-state index >= 15 is 0 Å². The largest absolute Gasteiger partial charge is 0.481 e. The highest BCUT2D eigenvalue weighted by Gasteiger charge is 2.30. The third-order valence-corrected chi connectivity index (χ3v) is 4.52. The topological polar surface area (TPSA) is 69.6 Å². The number of anilines is 1. The molecular formula is C19H22N2O3. The van der Waals surface area contributed by atoms with E-state index in [1.165, 1.54) is 0 Å². The minimum Gasteiger partial charge on any atom is -0.481 e. The first kappa shape index (κ1) is 16.5. The molecule has 0 spiro atoms. The van der Waals surface area contributed by atoms with Gasteiger partial charge in [0, 0.05) is 24.2 Å². The number of benzene rings is 2. The maximum absolute atomic E-state index is 12.4. The number of carboxylic acid groups (broad SMARTS) is 1. The van der Waals surface area contributed by atoms with Gasteiger partial charge in [-0.05, 0) is 23.8 Å². The molecule has 2 N–H and O–H groups in total. The second-order valence-corrected chi connectivity index (χ2v) is 6.65. The van der Waals surface area contributed by atoms with E-state index in [4.69, 9.17) is 0 Å². The van der Waals surface area contributed by atoms with Crippen molar-refractivity contribution in [3.8, 4) is 0 Å². The van der Waals surface area contributed by atoms with Crippen LogP contribution in [-0.4, -0.2) is 41.5 Å². The molecule has 0 aromatic heterocycles. The van der Waals surface area contributed by atoms with Crippen molar-refractivity contribution in [2.45, 2.75) is 13.3 Å². The summed E-state index contributed by atoms with van der Waals surface area (Å²) in [7, 11) is 0. The van der Waals surface area contributed by atoms with Crippen molar-refractivity contribution in [3.63, 3.8) is 0 Å². The number of piperidine rings is 1. The smallest absolute Gasteiger partial charge is 0.307 e. The Balaban J connectivity index is 1.68. The lowest BCUT2D eigenvalue weighted by atomic mass is 9.90. The fraction of sp³-hybridized carbons (Fsp3) is 0.368. The number of carboxylic acids is 1. The highest BCUT2D eigenvalue weighted by atomic mass is 16.4. The number of carbonyl (C=O) groups is 2. The van der Waals surface area contributed by atoms with E-state index in [0.29, 0.717) is 13.0 Å². The molecular weight excluding hydrogens is 304 g/mol. The zero-order valence-corrected chi connectivity index (χ0v) is 13.7. The van der Waals surface area contributed by atoms with Crippen LogP contribution in [-0.2, 0) is 9.59 Å². The van der Waals surface area contributed by atoms with Crippen molar-refractivity contribution < 1.29 is 14.7 Å². The number of rotatable bonds is 4. The molecule has 1 aliphatic rings. The Morgan fingerprint density at radius 1 is 1.17 bits per heavy atom. The molecule has 5 nitrogen and oxygen atoms in total. The summed E-state index contributed by atoms with van der Waals surface area (Å²) >= 11 is 0. The summed E-state index contributed by atoms with van der Waals surface area (Å²) in [5.74, 6) is -0.991. The van der Waals surface area contributed by atoms with Crippen LogP contribution in [0, 0.1) is 11.8 Å². The van der Waals surface area contributed by atoms with Crippen LogP contribution in [0.4, 0.5) is 5.69 Å². The van der Waals surface area contributed by atoms with Gasteiger partial charge in [0.15, 0.2) is 0 Å². The monoisotopic (exact) mass is 326 g/mol. The van der Waals surface area contributed by atoms with Crippen LogP contribution in [0.15, 0.2) is 42.5 Å². The standard InChI is InChI=1S/C19H22N2O3/c1-13-9-15(19(23)24)11-21(10-13)12-18(22)20-17-8-4-6-14-5-2-3-7-16(14)17/h2-8,13,15H,9-12H2,1H3,(H,20,22)(H,23,24). The third-order valence-electron chi connectivity index (χ3n) is 4.52. The molecule has 1 heterocycles. The van der Waals surface area contributed by atoms with Gasteiger partial charge in [-0.3, -0.25) is 14.5 Å². The molecule has 0 aliphatic carbocycles. The lowest BCUT2D eigenvalue weighted by Crippen LogP contribution is -2.45. The van der Waals surface area contributed by atoms with Gasteiger partial charge in [-0.25, -0.2) is 0 Å². The molecule has 24 heavy (non-hydrogen) atoms. The van der Waals surface area contributed by atoms with E-state index in [1.54, 1.807) is 0 Å². The van der Waals surface area contributed by atoms with Crippen LogP contribution in [0.1, 0.15) is 13.3 Å². The lowest BCUT2D eigenvalue weighted by molar-refractivity contribution is -0.144. The maximum atomic E-state index is 12.4. The van der Waals surface area contributed by atoms with Gasteiger partial charge >= 0.3 is 5.97 Å². The van der Waals surface area contributed by atoms with Gasteiger partial charge in [0.2, 0.25) is 5.91 Å². The second kappa shape index (κ2) is 7.01. The Morgan fingerprint density at radius 2 is 1.92 bits per heavy atom. The van der Waals surface area contributed by atoms with Gasteiger partial charge in [0.25, 0.3) is 0 Å². The van der Waals surface area contributed by atoms with Gasteiger partial charge < -0.3 is 10.4 Å². The SMILES string of the molecule is CC1CC(C(=O)O)CN(CC(=O)Nc2cccc3ccccc23)C1. The number of aliphatic carboxylic acids is 1. The number of amides is 1. The minimum atomic E-state index is -0.777. The van der Waals surface area contributed by atoms with E-state index in [1.807, 2.05) is 54.3 Å². The van der Waals surface area contributed by atoms with Crippen molar-refractivity contribution in [2.24, 2.45) is 11.8 Å². The molecule has 2 atom stereocenters. The molecule has 2 aromatic rings. The highest BCUT2D eigenvalue weighted by molar-refractivity contribution is 6.02. The number of carbonyl (C=O) groups excluding carboxylic acids is 1. The summed E-state index contributed by atoms with van der Waals surface area (Å²) in [5.41, 5.74) is 0.790. The van der Waals surface area contributed by atoms with Crippen molar-refractivity contribution in [2.75, 3.05) is 25.0 Å². The normalized spacial score (nSPS) is 21.5. The number of hydrogen-bond acceptors (Lipinski definition) is 3. The first-order valence-electron chi connectivity index (χ1n) is 8.25. The third kappa shape index (κ3) is 3.74. The highest BCUT2D eigenvalue weighted by Crippen LogP contribution is 2.24. The molecule has 1 saturated heterocycles. The number of hydrogen-bond donors (Lipinski definition) is 2. The Hall–Kier alpha value is -2.40. The predicted octanol–water partition coefficient (Wildman–Crippen LogP) is 2.82. The fourth-order valence-corrected chi connectivity index (χ4v) is 3.50. The molecule has 3 rings (SSSR count). The summed E-state index contributed by atoms with van der Waals surface area (Å²) in [4.78, 5) is 25.6. The van der Waals surface area contributed by atoms with Crippen LogP contribution in [0.3, 0.4) is 0 Å².